The maximum Gasteiger partial charge on any atom is 0.256 e. The van der Waals surface area contributed by atoms with Crippen LogP contribution in [0.1, 0.15) is 27.3 Å². The SMILES string of the molecule is COc1nc2c(cc1CNC(=O)[C@@H](N)CO)C(=O)N(CCc1ccccn1)C2.Cl.Cl. The highest BCUT2D eigenvalue weighted by atomic mass is 35.5. The number of fused-ring (bicyclic) bond motifs is 1. The Labute approximate surface area is 186 Å². The second-order valence-corrected chi connectivity index (χ2v) is 6.46. The summed E-state index contributed by atoms with van der Waals surface area (Å²) in [6.07, 6.45) is 2.38. The van der Waals surface area contributed by atoms with E-state index in [4.69, 9.17) is 15.6 Å². The number of carbonyl (C=O) groups is 2. The molecular weight excluding hydrogens is 433 g/mol. The van der Waals surface area contributed by atoms with E-state index < -0.39 is 18.6 Å². The number of methoxy groups -OCH3 is 1. The lowest BCUT2D eigenvalue weighted by Crippen LogP contribution is -2.42. The third-order valence-corrected chi connectivity index (χ3v) is 4.54. The van der Waals surface area contributed by atoms with E-state index in [0.29, 0.717) is 42.2 Å². The highest BCUT2D eigenvalue weighted by molar-refractivity contribution is 5.98. The Hall–Kier alpha value is -2.46. The van der Waals surface area contributed by atoms with Crippen LogP contribution in [0.4, 0.5) is 0 Å². The first-order valence-corrected chi connectivity index (χ1v) is 8.93. The molecule has 0 aliphatic carbocycles. The van der Waals surface area contributed by atoms with E-state index in [9.17, 15) is 9.59 Å². The molecule has 0 saturated heterocycles. The van der Waals surface area contributed by atoms with E-state index in [1.165, 1.54) is 7.11 Å². The number of pyridine rings is 2. The summed E-state index contributed by atoms with van der Waals surface area (Å²) >= 11 is 0. The van der Waals surface area contributed by atoms with Crippen LogP contribution in [0.2, 0.25) is 0 Å². The number of rotatable bonds is 8. The Morgan fingerprint density at radius 3 is 2.80 bits per heavy atom. The molecule has 11 heteroatoms. The van der Waals surface area contributed by atoms with Gasteiger partial charge in [-0.1, -0.05) is 6.07 Å². The van der Waals surface area contributed by atoms with Crippen LogP contribution < -0.4 is 15.8 Å². The van der Waals surface area contributed by atoms with Crippen LogP contribution in [-0.4, -0.2) is 58.1 Å². The molecule has 3 rings (SSSR count). The summed E-state index contributed by atoms with van der Waals surface area (Å²) in [6, 6.07) is 6.38. The molecule has 1 aliphatic rings. The predicted octanol–water partition coefficient (Wildman–Crippen LogP) is 0.463. The number of aromatic nitrogens is 2. The van der Waals surface area contributed by atoms with Crippen molar-refractivity contribution in [3.8, 4) is 5.88 Å². The van der Waals surface area contributed by atoms with Crippen molar-refractivity contribution in [1.82, 2.24) is 20.2 Å². The van der Waals surface area contributed by atoms with Gasteiger partial charge in [0.25, 0.3) is 5.91 Å². The summed E-state index contributed by atoms with van der Waals surface area (Å²) in [6.45, 7) is 0.581. The monoisotopic (exact) mass is 457 g/mol. The lowest BCUT2D eigenvalue weighted by atomic mass is 10.1. The number of hydrogen-bond acceptors (Lipinski definition) is 7. The Morgan fingerprint density at radius 1 is 1.40 bits per heavy atom. The fourth-order valence-corrected chi connectivity index (χ4v) is 2.98. The number of ether oxygens (including phenoxy) is 1. The molecule has 3 heterocycles. The van der Waals surface area contributed by atoms with E-state index in [1.54, 1.807) is 17.2 Å². The van der Waals surface area contributed by atoms with Crippen molar-refractivity contribution < 1.29 is 19.4 Å². The van der Waals surface area contributed by atoms with Crippen molar-refractivity contribution in [2.24, 2.45) is 5.73 Å². The molecule has 2 amide bonds. The van der Waals surface area contributed by atoms with E-state index in [2.05, 4.69) is 15.3 Å². The maximum absolute atomic E-state index is 12.7. The largest absolute Gasteiger partial charge is 0.481 e. The van der Waals surface area contributed by atoms with Crippen molar-refractivity contribution >= 4 is 36.6 Å². The summed E-state index contributed by atoms with van der Waals surface area (Å²) in [5, 5.41) is 11.6. The van der Waals surface area contributed by atoms with Gasteiger partial charge in [-0.15, -0.1) is 24.8 Å². The van der Waals surface area contributed by atoms with Crippen LogP contribution in [-0.2, 0) is 24.3 Å². The first-order chi connectivity index (χ1) is 13.5. The standard InChI is InChI=1S/C19H23N5O4.2ClH/c1-28-18-12(9-22-17(26)15(20)11-25)8-14-16(23-18)10-24(19(14)27)7-5-13-4-2-3-6-21-13;;/h2-4,6,8,15,25H,5,7,9-11,20H2,1H3,(H,22,26);2*1H/t15-;;/m0../s1. The third-order valence-electron chi connectivity index (χ3n) is 4.54. The van der Waals surface area contributed by atoms with E-state index in [1.807, 2.05) is 18.2 Å². The summed E-state index contributed by atoms with van der Waals surface area (Å²) in [7, 11) is 1.48. The molecule has 164 valence electrons. The zero-order valence-corrected chi connectivity index (χ0v) is 18.0. The van der Waals surface area contributed by atoms with Gasteiger partial charge in [-0.05, 0) is 18.2 Å². The number of carbonyl (C=O) groups excluding carboxylic acids is 2. The zero-order chi connectivity index (χ0) is 20.1. The zero-order valence-electron chi connectivity index (χ0n) is 16.4. The minimum Gasteiger partial charge on any atom is -0.481 e. The van der Waals surface area contributed by atoms with Gasteiger partial charge in [0.2, 0.25) is 11.8 Å². The first-order valence-electron chi connectivity index (χ1n) is 8.93. The van der Waals surface area contributed by atoms with Crippen molar-refractivity contribution in [2.75, 3.05) is 20.3 Å². The van der Waals surface area contributed by atoms with Crippen LogP contribution >= 0.6 is 24.8 Å². The Kier molecular flexibility index (Phi) is 9.94. The lowest BCUT2D eigenvalue weighted by Gasteiger charge is -2.14. The van der Waals surface area contributed by atoms with Gasteiger partial charge in [-0.2, -0.15) is 0 Å². The van der Waals surface area contributed by atoms with Crippen molar-refractivity contribution in [2.45, 2.75) is 25.6 Å². The van der Waals surface area contributed by atoms with Crippen LogP contribution in [0.5, 0.6) is 5.88 Å². The van der Waals surface area contributed by atoms with Crippen LogP contribution in [0, 0.1) is 0 Å². The van der Waals surface area contributed by atoms with Gasteiger partial charge in [0.05, 0.1) is 31.5 Å². The number of nitrogens with zero attached hydrogens (tertiary/aromatic N) is 3. The Bertz CT molecular complexity index is 870. The molecule has 0 fully saturated rings. The molecule has 1 atom stereocenters. The topological polar surface area (TPSA) is 131 Å². The molecular formula is C19H25Cl2N5O4. The number of aliphatic hydroxyl groups excluding tert-OH is 1. The van der Waals surface area contributed by atoms with Gasteiger partial charge in [-0.3, -0.25) is 14.6 Å². The van der Waals surface area contributed by atoms with Crippen molar-refractivity contribution in [3.63, 3.8) is 0 Å². The highest BCUT2D eigenvalue weighted by Gasteiger charge is 2.30. The number of nitrogens with one attached hydrogen (secondary N) is 1. The lowest BCUT2D eigenvalue weighted by molar-refractivity contribution is -0.123. The summed E-state index contributed by atoms with van der Waals surface area (Å²) in [5.74, 6) is -0.259. The molecule has 9 nitrogen and oxygen atoms in total. The minimum absolute atomic E-state index is 0. The van der Waals surface area contributed by atoms with Crippen molar-refractivity contribution in [3.05, 3.63) is 53.0 Å². The van der Waals surface area contributed by atoms with Gasteiger partial charge in [0.1, 0.15) is 6.04 Å². The number of aliphatic hydroxyl groups is 1. The van der Waals surface area contributed by atoms with Crippen molar-refractivity contribution in [1.29, 1.82) is 0 Å². The summed E-state index contributed by atoms with van der Waals surface area (Å²) < 4.78 is 5.31. The molecule has 2 aromatic rings. The quantitative estimate of drug-likeness (QED) is 0.524. The summed E-state index contributed by atoms with van der Waals surface area (Å²) in [4.78, 5) is 35.0. The van der Waals surface area contributed by atoms with E-state index in [-0.39, 0.29) is 37.3 Å². The average Bonchev–Trinajstić information content (AvgIpc) is 3.04. The molecule has 0 spiro atoms. The fraction of sp³-hybridized carbons (Fsp3) is 0.368. The molecule has 0 unspecified atom stereocenters. The van der Waals surface area contributed by atoms with Crippen LogP contribution in [0.25, 0.3) is 0 Å². The second kappa shape index (κ2) is 11.7. The first kappa shape index (κ1) is 25.6. The molecule has 1 aliphatic heterocycles. The van der Waals surface area contributed by atoms with Crippen LogP contribution in [0.15, 0.2) is 30.5 Å². The molecule has 0 aromatic carbocycles. The maximum atomic E-state index is 12.7. The van der Waals surface area contributed by atoms with Gasteiger partial charge in [-0.25, -0.2) is 4.98 Å². The number of halogens is 2. The third kappa shape index (κ3) is 5.79. The predicted molar refractivity (Wildman–Crippen MR) is 115 cm³/mol. The van der Waals surface area contributed by atoms with Gasteiger partial charge >= 0.3 is 0 Å². The molecule has 0 bridgehead atoms. The minimum atomic E-state index is -1.00. The molecule has 4 N–H and O–H groups in total. The van der Waals surface area contributed by atoms with Gasteiger partial charge in [0, 0.05) is 37.0 Å². The Morgan fingerprint density at radius 2 is 2.17 bits per heavy atom. The molecule has 2 aromatic heterocycles. The van der Waals surface area contributed by atoms with Gasteiger partial charge in [0.15, 0.2) is 0 Å². The normalized spacial score (nSPS) is 13.0. The molecule has 0 saturated carbocycles. The molecule has 0 radical (unpaired) electrons. The number of amides is 2. The Balaban J connectivity index is 0.00000225. The summed E-state index contributed by atoms with van der Waals surface area (Å²) in [5.41, 5.74) is 8.12. The second-order valence-electron chi connectivity index (χ2n) is 6.46. The molecule has 30 heavy (non-hydrogen) atoms. The van der Waals surface area contributed by atoms with Gasteiger partial charge < -0.3 is 25.8 Å². The highest BCUT2D eigenvalue weighted by Crippen LogP contribution is 2.27. The van der Waals surface area contributed by atoms with Crippen LogP contribution in [0.3, 0.4) is 0 Å². The van der Waals surface area contributed by atoms with E-state index >= 15 is 0 Å². The average molecular weight is 458 g/mol. The fourth-order valence-electron chi connectivity index (χ4n) is 2.98. The smallest absolute Gasteiger partial charge is 0.256 e. The number of nitrogens with two attached hydrogens (primary N) is 1. The van der Waals surface area contributed by atoms with E-state index in [0.717, 1.165) is 5.69 Å². The number of hydrogen-bond donors (Lipinski definition) is 3.